The van der Waals surface area contributed by atoms with E-state index in [9.17, 15) is 4.39 Å². The van der Waals surface area contributed by atoms with Crippen LogP contribution in [0.1, 0.15) is 30.7 Å². The monoisotopic (exact) mass is 419 g/mol. The minimum Gasteiger partial charge on any atom is -0.277 e. The maximum atomic E-state index is 14.4. The molecule has 0 spiro atoms. The predicted octanol–water partition coefficient (Wildman–Crippen LogP) is 7.16. The normalized spacial score (nSPS) is 13.9. The molecule has 2 heterocycles. The van der Waals surface area contributed by atoms with Crippen LogP contribution in [0.5, 0.6) is 0 Å². The molecule has 1 saturated carbocycles. The van der Waals surface area contributed by atoms with E-state index in [1.165, 1.54) is 30.9 Å². The lowest BCUT2D eigenvalue weighted by molar-refractivity contribution is 0.420. The first-order chi connectivity index (χ1) is 15.8. The molecular formula is C28H22FN3. The summed E-state index contributed by atoms with van der Waals surface area (Å²) in [6.45, 7) is 0. The Labute approximate surface area is 186 Å². The van der Waals surface area contributed by atoms with Crippen LogP contribution in [0.15, 0.2) is 91.1 Å². The molecule has 6 rings (SSSR count). The third kappa shape index (κ3) is 3.19. The van der Waals surface area contributed by atoms with Gasteiger partial charge in [0.15, 0.2) is 5.65 Å². The molecule has 3 nitrogen and oxygen atoms in total. The molecule has 2 aromatic heterocycles. The highest BCUT2D eigenvalue weighted by molar-refractivity contribution is 5.84. The van der Waals surface area contributed by atoms with E-state index in [4.69, 9.17) is 9.97 Å². The van der Waals surface area contributed by atoms with Crippen LogP contribution >= 0.6 is 0 Å². The zero-order valence-electron chi connectivity index (χ0n) is 17.6. The van der Waals surface area contributed by atoms with Gasteiger partial charge >= 0.3 is 0 Å². The van der Waals surface area contributed by atoms with Gasteiger partial charge in [0.2, 0.25) is 0 Å². The van der Waals surface area contributed by atoms with Crippen molar-refractivity contribution in [2.24, 2.45) is 0 Å². The Balaban J connectivity index is 1.53. The number of hydrogen-bond acceptors (Lipinski definition) is 2. The first-order valence-corrected chi connectivity index (χ1v) is 11.1. The molecule has 4 heteroatoms. The van der Waals surface area contributed by atoms with Gasteiger partial charge in [0, 0.05) is 28.6 Å². The Hall–Kier alpha value is -3.79. The summed E-state index contributed by atoms with van der Waals surface area (Å²) in [6.07, 6.45) is 5.62. The predicted molar refractivity (Wildman–Crippen MR) is 126 cm³/mol. The molecule has 0 N–H and O–H groups in total. The zero-order valence-corrected chi connectivity index (χ0v) is 17.6. The molecule has 156 valence electrons. The lowest BCUT2D eigenvalue weighted by atomic mass is 9.80. The average Bonchev–Trinajstić information content (AvgIpc) is 3.18. The van der Waals surface area contributed by atoms with Crippen LogP contribution in [0.25, 0.3) is 39.4 Å². The number of nitrogens with zero attached hydrogens (tertiary/aromatic N) is 3. The molecule has 1 fully saturated rings. The molecule has 0 amide bonds. The van der Waals surface area contributed by atoms with Crippen LogP contribution in [0.4, 0.5) is 4.39 Å². The van der Waals surface area contributed by atoms with E-state index >= 15 is 0 Å². The van der Waals surface area contributed by atoms with Crippen molar-refractivity contribution in [1.82, 2.24) is 14.5 Å². The van der Waals surface area contributed by atoms with Crippen molar-refractivity contribution in [3.8, 4) is 28.2 Å². The summed E-state index contributed by atoms with van der Waals surface area (Å²) >= 11 is 0. The van der Waals surface area contributed by atoms with E-state index in [2.05, 4.69) is 41.0 Å². The number of pyridine rings is 1. The number of imidazole rings is 1. The topological polar surface area (TPSA) is 30.7 Å². The molecule has 0 saturated heterocycles. The third-order valence-corrected chi connectivity index (χ3v) is 6.44. The Morgan fingerprint density at radius 1 is 0.812 bits per heavy atom. The number of hydrogen-bond donors (Lipinski definition) is 0. The van der Waals surface area contributed by atoms with E-state index in [-0.39, 0.29) is 5.82 Å². The Kier molecular flexibility index (Phi) is 4.57. The quantitative estimate of drug-likeness (QED) is 0.309. The molecule has 0 bridgehead atoms. The first-order valence-electron chi connectivity index (χ1n) is 11.1. The smallest absolute Gasteiger partial charge is 0.164 e. The van der Waals surface area contributed by atoms with Gasteiger partial charge in [-0.3, -0.25) is 4.57 Å². The summed E-state index contributed by atoms with van der Waals surface area (Å²) in [5, 5.41) is 0. The van der Waals surface area contributed by atoms with Crippen LogP contribution in [0.2, 0.25) is 0 Å². The molecular weight excluding hydrogens is 397 g/mol. The lowest BCUT2D eigenvalue weighted by Crippen LogP contribution is -2.08. The highest BCUT2D eigenvalue weighted by Gasteiger charge is 2.20. The van der Waals surface area contributed by atoms with Gasteiger partial charge in [-0.15, -0.1) is 0 Å². The van der Waals surface area contributed by atoms with Gasteiger partial charge in [-0.1, -0.05) is 67.1 Å². The van der Waals surface area contributed by atoms with Crippen LogP contribution in [0, 0.1) is 5.82 Å². The van der Waals surface area contributed by atoms with Gasteiger partial charge in [-0.2, -0.15) is 0 Å². The molecule has 0 atom stereocenters. The largest absolute Gasteiger partial charge is 0.277 e. The number of aromatic nitrogens is 3. The highest BCUT2D eigenvalue weighted by atomic mass is 19.1. The fourth-order valence-electron chi connectivity index (χ4n) is 4.47. The Morgan fingerprint density at radius 2 is 1.56 bits per heavy atom. The minimum atomic E-state index is -0.261. The van der Waals surface area contributed by atoms with Crippen molar-refractivity contribution in [1.29, 1.82) is 0 Å². The van der Waals surface area contributed by atoms with Crippen LogP contribution < -0.4 is 0 Å². The van der Waals surface area contributed by atoms with Gasteiger partial charge < -0.3 is 0 Å². The fourth-order valence-corrected chi connectivity index (χ4v) is 4.47. The lowest BCUT2D eigenvalue weighted by Gasteiger charge is -2.25. The molecule has 3 aromatic carbocycles. The second kappa shape index (κ2) is 7.72. The van der Waals surface area contributed by atoms with E-state index in [1.807, 2.05) is 30.3 Å². The van der Waals surface area contributed by atoms with Crippen molar-refractivity contribution in [3.05, 3.63) is 103 Å². The maximum Gasteiger partial charge on any atom is 0.164 e. The number of rotatable bonds is 4. The summed E-state index contributed by atoms with van der Waals surface area (Å²) in [7, 11) is 0. The number of benzene rings is 3. The van der Waals surface area contributed by atoms with Gasteiger partial charge in [0.25, 0.3) is 0 Å². The molecule has 1 aliphatic rings. The minimum absolute atomic E-state index is 0.261. The van der Waals surface area contributed by atoms with Gasteiger partial charge in [-0.25, -0.2) is 14.4 Å². The summed E-state index contributed by atoms with van der Waals surface area (Å²) in [4.78, 5) is 9.68. The van der Waals surface area contributed by atoms with E-state index in [0.717, 1.165) is 33.8 Å². The highest BCUT2D eigenvalue weighted by Crippen LogP contribution is 2.37. The van der Waals surface area contributed by atoms with Crippen molar-refractivity contribution in [3.63, 3.8) is 0 Å². The zero-order chi connectivity index (χ0) is 21.5. The molecule has 0 unspecified atom stereocenters. The number of halogens is 1. The summed E-state index contributed by atoms with van der Waals surface area (Å²) < 4.78 is 16.5. The Bertz CT molecular complexity index is 1400. The summed E-state index contributed by atoms with van der Waals surface area (Å²) in [5.74, 6) is 1.26. The molecule has 0 radical (unpaired) electrons. The second-order valence-corrected chi connectivity index (χ2v) is 8.40. The van der Waals surface area contributed by atoms with Crippen molar-refractivity contribution in [2.75, 3.05) is 0 Å². The SMILES string of the molecule is Fc1ccccc1-c1cnc2c(c1)nc(-c1ccccc1)n2-c1ccc(C2CCC2)cc1. The molecule has 1 aliphatic carbocycles. The van der Waals surface area contributed by atoms with Crippen LogP contribution in [-0.4, -0.2) is 14.5 Å². The Morgan fingerprint density at radius 3 is 2.28 bits per heavy atom. The summed E-state index contributed by atoms with van der Waals surface area (Å²) in [5.41, 5.74) is 6.21. The molecule has 5 aromatic rings. The fraction of sp³-hybridized carbons (Fsp3) is 0.143. The average molecular weight is 420 g/mol. The molecule has 32 heavy (non-hydrogen) atoms. The van der Waals surface area contributed by atoms with Crippen molar-refractivity contribution >= 4 is 11.2 Å². The first kappa shape index (κ1) is 18.9. The standard InChI is InChI=1S/C28H22FN3/c29-25-12-5-4-11-24(25)22-17-26-28(30-18-22)32(27(31-26)21-7-2-1-3-8-21)23-15-13-20(14-16-23)19-9-6-10-19/h1-5,7-8,11-19H,6,9-10H2. The number of fused-ring (bicyclic) bond motifs is 1. The third-order valence-electron chi connectivity index (χ3n) is 6.44. The van der Waals surface area contributed by atoms with E-state index < -0.39 is 0 Å². The van der Waals surface area contributed by atoms with E-state index in [1.54, 1.807) is 18.3 Å². The molecule has 0 aliphatic heterocycles. The second-order valence-electron chi connectivity index (χ2n) is 8.40. The summed E-state index contributed by atoms with van der Waals surface area (Å²) in [6, 6.07) is 27.6. The van der Waals surface area contributed by atoms with Crippen LogP contribution in [-0.2, 0) is 0 Å². The van der Waals surface area contributed by atoms with Crippen molar-refractivity contribution < 1.29 is 4.39 Å². The van der Waals surface area contributed by atoms with E-state index in [0.29, 0.717) is 11.5 Å². The maximum absolute atomic E-state index is 14.4. The van der Waals surface area contributed by atoms with Crippen molar-refractivity contribution in [2.45, 2.75) is 25.2 Å². The van der Waals surface area contributed by atoms with Gasteiger partial charge in [0.05, 0.1) is 0 Å². The van der Waals surface area contributed by atoms with Gasteiger partial charge in [-0.05, 0) is 48.6 Å². The van der Waals surface area contributed by atoms with Crippen LogP contribution in [0.3, 0.4) is 0 Å². The van der Waals surface area contributed by atoms with Gasteiger partial charge in [0.1, 0.15) is 17.2 Å².